The Bertz CT molecular complexity index is 512. The summed E-state index contributed by atoms with van der Waals surface area (Å²) in [6, 6.07) is 0. The van der Waals surface area contributed by atoms with Gasteiger partial charge in [-0.2, -0.15) is 0 Å². The molecule has 0 saturated heterocycles. The summed E-state index contributed by atoms with van der Waals surface area (Å²) in [4.78, 5) is 74.5. The number of carbonyl (C=O) groups excluding carboxylic acids is 6. The topological polar surface area (TPSA) is 268 Å². The zero-order valence-electron chi connectivity index (χ0n) is 14.6. The highest BCUT2D eigenvalue weighted by Crippen LogP contribution is 2.27. The average Bonchev–Trinajstić information content (AvgIpc) is 2.71. The minimum absolute atomic E-state index is 0.933. The molecule has 0 aliphatic carbocycles. The van der Waals surface area contributed by atoms with Crippen molar-refractivity contribution < 1.29 is 33.5 Å². The lowest BCUT2D eigenvalue weighted by molar-refractivity contribution is -0.190. The van der Waals surface area contributed by atoms with Crippen molar-refractivity contribution >= 4 is 34.7 Å². The van der Waals surface area contributed by atoms with Crippen LogP contribution in [0.25, 0.3) is 0 Å². The molecular formula is C14H24N6O7. The maximum Gasteiger partial charge on any atom is 0.248 e. The summed E-state index contributed by atoms with van der Waals surface area (Å²) in [7, 11) is 0. The molecule has 0 radical (unpaired) electrons. The number of hydrogen-bond acceptors (Lipinski definition) is 13. The van der Waals surface area contributed by atoms with E-state index >= 15 is 0 Å². The van der Waals surface area contributed by atoms with E-state index in [1.807, 2.05) is 0 Å². The van der Waals surface area contributed by atoms with Crippen LogP contribution in [0.2, 0.25) is 0 Å². The van der Waals surface area contributed by atoms with Gasteiger partial charge >= 0.3 is 0 Å². The minimum Gasteiger partial charge on any atom is -0.324 e. The van der Waals surface area contributed by atoms with Crippen molar-refractivity contribution in [3.8, 4) is 0 Å². The van der Waals surface area contributed by atoms with Gasteiger partial charge in [-0.1, -0.05) is 0 Å². The summed E-state index contributed by atoms with van der Waals surface area (Å²) >= 11 is 0. The fraction of sp³-hybridized carbons (Fsp3) is 0.571. The predicted octanol–water partition coefficient (Wildman–Crippen LogP) is -6.35. The number of nitrogens with two attached hydrogens (primary N) is 6. The molecule has 152 valence electrons. The van der Waals surface area contributed by atoms with E-state index in [0.717, 1.165) is 0 Å². The molecule has 0 fully saturated rings. The van der Waals surface area contributed by atoms with Gasteiger partial charge in [-0.05, 0) is 0 Å². The summed E-state index contributed by atoms with van der Waals surface area (Å²) < 4.78 is 5.16. The molecule has 0 atom stereocenters. The normalized spacial score (nSPS) is 11.8. The third-order valence-electron chi connectivity index (χ3n) is 3.77. The van der Waals surface area contributed by atoms with Crippen molar-refractivity contribution in [1.82, 2.24) is 0 Å². The van der Waals surface area contributed by atoms with Gasteiger partial charge < -0.3 is 39.1 Å². The Hall–Kier alpha value is -2.26. The first-order valence-electron chi connectivity index (χ1n) is 7.70. The summed E-state index contributed by atoms with van der Waals surface area (Å²) in [5.41, 5.74) is 25.1. The van der Waals surface area contributed by atoms with E-state index < -0.39 is 85.2 Å². The largest absolute Gasteiger partial charge is 0.324 e. The molecule has 13 heteroatoms. The van der Waals surface area contributed by atoms with Crippen molar-refractivity contribution in [2.24, 2.45) is 34.4 Å². The number of ketones is 6. The quantitative estimate of drug-likeness (QED) is 0.151. The zero-order chi connectivity index (χ0) is 21.4. The van der Waals surface area contributed by atoms with Gasteiger partial charge in [0.15, 0.2) is 34.7 Å². The second kappa shape index (κ2) is 10.2. The number of hydrogen-bond donors (Lipinski definition) is 6. The van der Waals surface area contributed by atoms with E-state index in [9.17, 15) is 28.8 Å². The Kier molecular flexibility index (Phi) is 9.32. The number of carbonyl (C=O) groups is 6. The molecule has 0 aromatic rings. The molecule has 0 spiro atoms. The molecule has 0 aliphatic heterocycles. The monoisotopic (exact) mass is 388 g/mol. The Morgan fingerprint density at radius 1 is 0.444 bits per heavy atom. The van der Waals surface area contributed by atoms with Gasteiger partial charge in [0, 0.05) is 0 Å². The van der Waals surface area contributed by atoms with Crippen molar-refractivity contribution in [3.05, 3.63) is 0 Å². The molecule has 13 nitrogen and oxygen atoms in total. The zero-order valence-corrected chi connectivity index (χ0v) is 14.6. The highest BCUT2D eigenvalue weighted by atomic mass is 16.6. The molecule has 27 heavy (non-hydrogen) atoms. The SMILES string of the molecule is NCC(=O)C(OC(C(=O)CN)(C(=O)CN)C(=O)CN)(C(=O)CN)C(=O)CN. The molecule has 0 heterocycles. The van der Waals surface area contributed by atoms with Gasteiger partial charge in [0.2, 0.25) is 11.2 Å². The van der Waals surface area contributed by atoms with E-state index in [-0.39, 0.29) is 0 Å². The highest BCUT2D eigenvalue weighted by Gasteiger charge is 2.62. The lowest BCUT2D eigenvalue weighted by Crippen LogP contribution is -2.71. The third kappa shape index (κ3) is 4.19. The Morgan fingerprint density at radius 3 is 0.704 bits per heavy atom. The Morgan fingerprint density at radius 2 is 0.593 bits per heavy atom. The smallest absolute Gasteiger partial charge is 0.248 e. The Labute approximate surface area is 154 Å². The standard InChI is InChI=1S/C14H24N6O7/c15-1-7(21)13(8(22)2-16,9(23)3-17)27-14(10(24)4-18,11(25)5-19)12(26)6-20/h1-6,15-20H2. The molecule has 0 saturated carbocycles. The van der Waals surface area contributed by atoms with Crippen LogP contribution in [0.15, 0.2) is 0 Å². The van der Waals surface area contributed by atoms with Crippen LogP contribution in [0.3, 0.4) is 0 Å². The van der Waals surface area contributed by atoms with Crippen LogP contribution < -0.4 is 34.4 Å². The molecule has 0 aliphatic rings. The van der Waals surface area contributed by atoms with Crippen molar-refractivity contribution in [3.63, 3.8) is 0 Å². The molecule has 0 bridgehead atoms. The minimum atomic E-state index is -3.17. The maximum atomic E-state index is 12.4. The summed E-state index contributed by atoms with van der Waals surface area (Å²) in [5.74, 6) is -8.18. The van der Waals surface area contributed by atoms with Crippen molar-refractivity contribution in [2.75, 3.05) is 39.3 Å². The van der Waals surface area contributed by atoms with Crippen LogP contribution >= 0.6 is 0 Å². The van der Waals surface area contributed by atoms with E-state index in [4.69, 9.17) is 39.1 Å². The number of ether oxygens (including phenoxy) is 1. The van der Waals surface area contributed by atoms with Crippen LogP contribution in [0.4, 0.5) is 0 Å². The lowest BCUT2D eigenvalue weighted by Gasteiger charge is -2.38. The first-order valence-corrected chi connectivity index (χ1v) is 7.70. The fourth-order valence-corrected chi connectivity index (χ4v) is 2.37. The van der Waals surface area contributed by atoms with E-state index in [1.54, 1.807) is 0 Å². The van der Waals surface area contributed by atoms with E-state index in [2.05, 4.69) is 0 Å². The third-order valence-corrected chi connectivity index (χ3v) is 3.77. The summed E-state index contributed by atoms with van der Waals surface area (Å²) in [6.45, 7) is -5.60. The molecule has 0 rings (SSSR count). The fourth-order valence-electron chi connectivity index (χ4n) is 2.37. The molecule has 0 aromatic carbocycles. The first kappa shape index (κ1) is 24.7. The molecule has 0 aromatic heterocycles. The highest BCUT2D eigenvalue weighted by molar-refractivity contribution is 6.33. The van der Waals surface area contributed by atoms with Gasteiger partial charge in [0.25, 0.3) is 0 Å². The molecule has 12 N–H and O–H groups in total. The van der Waals surface area contributed by atoms with Gasteiger partial charge in [-0.15, -0.1) is 0 Å². The average molecular weight is 388 g/mol. The number of rotatable bonds is 14. The van der Waals surface area contributed by atoms with Crippen LogP contribution in [0.5, 0.6) is 0 Å². The summed E-state index contributed by atoms with van der Waals surface area (Å²) in [5, 5.41) is 0. The molecular weight excluding hydrogens is 364 g/mol. The lowest BCUT2D eigenvalue weighted by atomic mass is 9.82. The molecule has 0 unspecified atom stereocenters. The van der Waals surface area contributed by atoms with Crippen LogP contribution in [-0.4, -0.2) is 85.2 Å². The van der Waals surface area contributed by atoms with Crippen LogP contribution in [0.1, 0.15) is 0 Å². The van der Waals surface area contributed by atoms with E-state index in [0.29, 0.717) is 0 Å². The van der Waals surface area contributed by atoms with Gasteiger partial charge in [-0.25, -0.2) is 0 Å². The van der Waals surface area contributed by atoms with Crippen LogP contribution in [0, 0.1) is 0 Å². The van der Waals surface area contributed by atoms with Crippen LogP contribution in [-0.2, 0) is 33.5 Å². The first-order chi connectivity index (χ1) is 12.6. The van der Waals surface area contributed by atoms with E-state index in [1.165, 1.54) is 0 Å². The maximum absolute atomic E-state index is 12.4. The van der Waals surface area contributed by atoms with Gasteiger partial charge in [0.1, 0.15) is 0 Å². The predicted molar refractivity (Wildman–Crippen MR) is 90.9 cm³/mol. The number of Topliss-reactive ketones (excluding diaryl/α,β-unsaturated/α-hetero) is 6. The second-order valence-corrected chi connectivity index (χ2v) is 5.23. The summed E-state index contributed by atoms with van der Waals surface area (Å²) in [6.07, 6.45) is 0. The Balaban J connectivity index is 7.03. The van der Waals surface area contributed by atoms with Gasteiger partial charge in [0.05, 0.1) is 39.3 Å². The molecule has 0 amide bonds. The van der Waals surface area contributed by atoms with Gasteiger partial charge in [-0.3, -0.25) is 28.8 Å². The second-order valence-electron chi connectivity index (χ2n) is 5.23. The van der Waals surface area contributed by atoms with Crippen molar-refractivity contribution in [1.29, 1.82) is 0 Å². The van der Waals surface area contributed by atoms with Crippen molar-refractivity contribution in [2.45, 2.75) is 11.2 Å².